The van der Waals surface area contributed by atoms with Gasteiger partial charge in [0.05, 0.1) is 0 Å². The zero-order valence-corrected chi connectivity index (χ0v) is 11.9. The van der Waals surface area contributed by atoms with Crippen LogP contribution >= 0.6 is 23.5 Å². The molecule has 0 saturated heterocycles. The van der Waals surface area contributed by atoms with Gasteiger partial charge in [-0.2, -0.15) is 0 Å². The molecule has 2 aromatic rings. The molecule has 0 saturated carbocycles. The Morgan fingerprint density at radius 2 is 1.39 bits per heavy atom. The van der Waals surface area contributed by atoms with Crippen LogP contribution in [-0.2, 0) is 14.1 Å². The topological polar surface area (TPSA) is 61.4 Å². The highest BCUT2D eigenvalue weighted by Gasteiger charge is 1.99. The van der Waals surface area contributed by atoms with Crippen molar-refractivity contribution >= 4 is 23.5 Å². The van der Waals surface area contributed by atoms with E-state index in [9.17, 15) is 0 Å². The standard InChI is InChI=1S/C10H14N6S2/c1-15-7-11-13-9(15)17-5-3-4-6-18-10-14-12-8-16(10)2/h3-4,7-8H,5-6H2,1-2H3/b4-3+. The molecule has 2 rings (SSSR count). The van der Waals surface area contributed by atoms with Crippen LogP contribution in [0.3, 0.4) is 0 Å². The second-order valence-corrected chi connectivity index (χ2v) is 5.52. The summed E-state index contributed by atoms with van der Waals surface area (Å²) in [5, 5.41) is 17.5. The van der Waals surface area contributed by atoms with Crippen molar-refractivity contribution in [3.05, 3.63) is 24.8 Å². The van der Waals surface area contributed by atoms with Crippen molar-refractivity contribution in [2.24, 2.45) is 14.1 Å². The summed E-state index contributed by atoms with van der Waals surface area (Å²) in [6.45, 7) is 0. The van der Waals surface area contributed by atoms with Crippen LogP contribution in [0.2, 0.25) is 0 Å². The van der Waals surface area contributed by atoms with E-state index in [0.29, 0.717) is 0 Å². The lowest BCUT2D eigenvalue weighted by atomic mass is 10.6. The normalized spacial score (nSPS) is 11.4. The van der Waals surface area contributed by atoms with Crippen molar-refractivity contribution in [1.29, 1.82) is 0 Å². The summed E-state index contributed by atoms with van der Waals surface area (Å²) in [7, 11) is 3.88. The Labute approximate surface area is 114 Å². The van der Waals surface area contributed by atoms with Gasteiger partial charge in [-0.3, -0.25) is 0 Å². The number of aryl methyl sites for hydroxylation is 2. The zero-order valence-electron chi connectivity index (χ0n) is 10.2. The number of nitrogens with zero attached hydrogens (tertiary/aromatic N) is 6. The van der Waals surface area contributed by atoms with Crippen LogP contribution in [-0.4, -0.2) is 41.0 Å². The van der Waals surface area contributed by atoms with E-state index in [1.54, 1.807) is 36.2 Å². The Morgan fingerprint density at radius 3 is 1.72 bits per heavy atom. The van der Waals surface area contributed by atoms with Crippen molar-refractivity contribution < 1.29 is 0 Å². The van der Waals surface area contributed by atoms with Crippen LogP contribution in [0.1, 0.15) is 0 Å². The van der Waals surface area contributed by atoms with E-state index >= 15 is 0 Å². The summed E-state index contributed by atoms with van der Waals surface area (Å²) in [6, 6.07) is 0. The van der Waals surface area contributed by atoms with Gasteiger partial charge in [0, 0.05) is 25.6 Å². The smallest absolute Gasteiger partial charge is 0.191 e. The fourth-order valence-corrected chi connectivity index (χ4v) is 2.66. The molecule has 0 aliphatic heterocycles. The zero-order chi connectivity index (χ0) is 12.8. The molecule has 0 bridgehead atoms. The number of hydrogen-bond donors (Lipinski definition) is 0. The number of aromatic nitrogens is 6. The predicted molar refractivity (Wildman–Crippen MR) is 72.6 cm³/mol. The minimum Gasteiger partial charge on any atom is -0.312 e. The second kappa shape index (κ2) is 6.60. The molecule has 18 heavy (non-hydrogen) atoms. The van der Waals surface area contributed by atoms with E-state index in [1.807, 2.05) is 23.2 Å². The molecule has 6 nitrogen and oxygen atoms in total. The van der Waals surface area contributed by atoms with Crippen LogP contribution < -0.4 is 0 Å². The molecule has 2 aromatic heterocycles. The molecule has 0 aromatic carbocycles. The lowest BCUT2D eigenvalue weighted by molar-refractivity contribution is 0.789. The fourth-order valence-electron chi connectivity index (χ4n) is 1.19. The van der Waals surface area contributed by atoms with E-state index in [1.165, 1.54) is 0 Å². The number of thioether (sulfide) groups is 2. The lowest BCUT2D eigenvalue weighted by Crippen LogP contribution is -1.89. The largest absolute Gasteiger partial charge is 0.312 e. The van der Waals surface area contributed by atoms with E-state index < -0.39 is 0 Å². The lowest BCUT2D eigenvalue weighted by Gasteiger charge is -1.97. The summed E-state index contributed by atoms with van der Waals surface area (Å²) in [6.07, 6.45) is 7.66. The van der Waals surface area contributed by atoms with Gasteiger partial charge in [0.2, 0.25) is 0 Å². The molecule has 0 aliphatic rings. The van der Waals surface area contributed by atoms with Crippen LogP contribution in [0, 0.1) is 0 Å². The maximum atomic E-state index is 4.00. The fraction of sp³-hybridized carbons (Fsp3) is 0.400. The molecular formula is C10H14N6S2. The third-order valence-electron chi connectivity index (χ3n) is 2.12. The van der Waals surface area contributed by atoms with Gasteiger partial charge in [-0.15, -0.1) is 20.4 Å². The first-order chi connectivity index (χ1) is 8.77. The molecule has 0 fully saturated rings. The van der Waals surface area contributed by atoms with Gasteiger partial charge in [-0.25, -0.2) is 0 Å². The Morgan fingerprint density at radius 1 is 0.944 bits per heavy atom. The van der Waals surface area contributed by atoms with Gasteiger partial charge in [-0.1, -0.05) is 35.7 Å². The summed E-state index contributed by atoms with van der Waals surface area (Å²) in [4.78, 5) is 0. The van der Waals surface area contributed by atoms with Crippen LogP contribution in [0.15, 0.2) is 35.1 Å². The third-order valence-corrected chi connectivity index (χ3v) is 4.10. The van der Waals surface area contributed by atoms with Crippen molar-refractivity contribution in [1.82, 2.24) is 29.5 Å². The maximum Gasteiger partial charge on any atom is 0.191 e. The Balaban J connectivity index is 1.67. The van der Waals surface area contributed by atoms with Crippen LogP contribution in [0.25, 0.3) is 0 Å². The Hall–Kier alpha value is -1.28. The van der Waals surface area contributed by atoms with Crippen molar-refractivity contribution in [2.75, 3.05) is 11.5 Å². The summed E-state index contributed by atoms with van der Waals surface area (Å²) in [5.41, 5.74) is 0. The van der Waals surface area contributed by atoms with E-state index in [4.69, 9.17) is 0 Å². The molecule has 0 radical (unpaired) electrons. The van der Waals surface area contributed by atoms with Crippen LogP contribution in [0.4, 0.5) is 0 Å². The Kier molecular flexibility index (Phi) is 4.82. The van der Waals surface area contributed by atoms with Gasteiger partial charge in [-0.05, 0) is 0 Å². The van der Waals surface area contributed by atoms with E-state index in [2.05, 4.69) is 32.5 Å². The average molecular weight is 282 g/mol. The summed E-state index contributed by atoms with van der Waals surface area (Å²) >= 11 is 3.33. The van der Waals surface area contributed by atoms with Crippen molar-refractivity contribution in [2.45, 2.75) is 10.3 Å². The highest BCUT2D eigenvalue weighted by atomic mass is 32.2. The molecule has 0 N–H and O–H groups in total. The van der Waals surface area contributed by atoms with Gasteiger partial charge in [0.1, 0.15) is 12.7 Å². The quantitative estimate of drug-likeness (QED) is 0.589. The molecule has 0 aliphatic carbocycles. The molecule has 0 unspecified atom stereocenters. The molecule has 0 amide bonds. The third kappa shape index (κ3) is 3.61. The molecule has 2 heterocycles. The molecule has 8 heteroatoms. The van der Waals surface area contributed by atoms with E-state index in [-0.39, 0.29) is 0 Å². The number of rotatable bonds is 6. The highest BCUT2D eigenvalue weighted by molar-refractivity contribution is 7.99. The van der Waals surface area contributed by atoms with Gasteiger partial charge in [0.25, 0.3) is 0 Å². The van der Waals surface area contributed by atoms with E-state index in [0.717, 1.165) is 21.8 Å². The first-order valence-electron chi connectivity index (χ1n) is 5.36. The minimum atomic E-state index is 0.895. The SMILES string of the molecule is Cn1cnnc1SC/C=C/CSc1nncn1C. The summed E-state index contributed by atoms with van der Waals surface area (Å²) in [5.74, 6) is 1.79. The highest BCUT2D eigenvalue weighted by Crippen LogP contribution is 2.15. The minimum absolute atomic E-state index is 0.895. The predicted octanol–water partition coefficient (Wildman–Crippen LogP) is 1.38. The van der Waals surface area contributed by atoms with Crippen molar-refractivity contribution in [3.8, 4) is 0 Å². The van der Waals surface area contributed by atoms with Gasteiger partial charge < -0.3 is 9.13 Å². The van der Waals surface area contributed by atoms with Gasteiger partial charge in [0.15, 0.2) is 10.3 Å². The molecule has 0 atom stereocenters. The maximum absolute atomic E-state index is 4.00. The Bertz CT molecular complexity index is 472. The summed E-state index contributed by atoms with van der Waals surface area (Å²) < 4.78 is 3.82. The van der Waals surface area contributed by atoms with Crippen molar-refractivity contribution in [3.63, 3.8) is 0 Å². The molecular weight excluding hydrogens is 268 g/mol. The molecule has 96 valence electrons. The average Bonchev–Trinajstić information content (AvgIpc) is 2.94. The van der Waals surface area contributed by atoms with Crippen LogP contribution in [0.5, 0.6) is 0 Å². The first-order valence-corrected chi connectivity index (χ1v) is 7.33. The molecule has 0 spiro atoms. The first kappa shape index (κ1) is 13.2. The second-order valence-electron chi connectivity index (χ2n) is 3.54. The van der Waals surface area contributed by atoms with Gasteiger partial charge >= 0.3 is 0 Å². The number of hydrogen-bond acceptors (Lipinski definition) is 6. The monoisotopic (exact) mass is 282 g/mol.